The molecule has 2 atom stereocenters. The molecule has 30 heavy (non-hydrogen) atoms. The van der Waals surface area contributed by atoms with E-state index in [0.29, 0.717) is 53.3 Å². The first kappa shape index (κ1) is 19.5. The second kappa shape index (κ2) is 6.76. The molecule has 2 aliphatic carbocycles. The number of nitrogens with zero attached hydrogens (tertiary/aromatic N) is 3. The largest absolute Gasteiger partial charge is 0.474 e. The van der Waals surface area contributed by atoms with E-state index in [1.807, 2.05) is 13.8 Å². The zero-order valence-electron chi connectivity index (χ0n) is 16.7. The van der Waals surface area contributed by atoms with Crippen molar-refractivity contribution in [2.75, 3.05) is 11.9 Å². The molecule has 160 valence electrons. The number of urea groups is 1. The second-order valence-electron chi connectivity index (χ2n) is 8.61. The van der Waals surface area contributed by atoms with E-state index in [9.17, 15) is 17.8 Å². The van der Waals surface area contributed by atoms with Crippen molar-refractivity contribution in [1.29, 1.82) is 0 Å². The molecule has 2 heterocycles. The van der Waals surface area contributed by atoms with Crippen LogP contribution in [0.25, 0.3) is 0 Å². The monoisotopic (exact) mass is 436 g/mol. The van der Waals surface area contributed by atoms with Crippen LogP contribution < -0.4 is 10.1 Å². The van der Waals surface area contributed by atoms with E-state index in [0.717, 1.165) is 6.42 Å². The topological polar surface area (TPSA) is 85.6 Å². The third-order valence-corrected chi connectivity index (χ3v) is 7.11. The predicted octanol–water partition coefficient (Wildman–Crippen LogP) is 3.33. The Balaban J connectivity index is 1.47. The Hall–Kier alpha value is -2.49. The number of fused-ring (bicyclic) bond motifs is 3. The molecule has 1 aliphatic heterocycles. The normalized spacial score (nSPS) is 21.8. The Morgan fingerprint density at radius 3 is 2.83 bits per heavy atom. The maximum Gasteiger partial charge on any atom is 0.353 e. The van der Waals surface area contributed by atoms with E-state index in [2.05, 4.69) is 14.8 Å². The van der Waals surface area contributed by atoms with E-state index in [1.165, 1.54) is 6.20 Å². The summed E-state index contributed by atoms with van der Waals surface area (Å²) in [5.74, 6) is 0.00960. The average Bonchev–Trinajstić information content (AvgIpc) is 3.43. The van der Waals surface area contributed by atoms with Crippen LogP contribution in [-0.4, -0.2) is 32.8 Å². The molecular formula is C20H22F2N4O3S. The number of halogens is 2. The standard InChI is InChI=1S/C20H22F2N4O3S/c1-20(2)9-29-18-15(8-23-26(18)20)30(28)25-19(27)24-17-12-5-3-4-11(12)16(22)13-6-10(21)7-14(13)17/h8,10,30H,3-7,9H2,1-2H3,(H,24,27)/t10-/m1/s1. The van der Waals surface area contributed by atoms with E-state index in [-0.39, 0.29) is 29.1 Å². The van der Waals surface area contributed by atoms with Gasteiger partial charge in [-0.15, -0.1) is 4.36 Å². The molecule has 1 aromatic heterocycles. The highest BCUT2D eigenvalue weighted by Crippen LogP contribution is 2.41. The summed E-state index contributed by atoms with van der Waals surface area (Å²) in [6, 6.07) is -0.807. The predicted molar refractivity (Wildman–Crippen MR) is 107 cm³/mol. The fourth-order valence-corrected chi connectivity index (χ4v) is 5.41. The van der Waals surface area contributed by atoms with Crippen LogP contribution in [0.1, 0.15) is 42.5 Å². The lowest BCUT2D eigenvalue weighted by Crippen LogP contribution is -2.26. The fraction of sp³-hybridized carbons (Fsp3) is 0.500. The van der Waals surface area contributed by atoms with Crippen molar-refractivity contribution in [3.8, 4) is 5.88 Å². The minimum atomic E-state index is -2.44. The van der Waals surface area contributed by atoms with Gasteiger partial charge in [0.2, 0.25) is 5.88 Å². The van der Waals surface area contributed by atoms with E-state index >= 15 is 0 Å². The first-order chi connectivity index (χ1) is 14.3. The van der Waals surface area contributed by atoms with Gasteiger partial charge in [0.1, 0.15) is 23.5 Å². The summed E-state index contributed by atoms with van der Waals surface area (Å²) in [6.07, 6.45) is 2.24. The number of hydrogen-bond donors (Lipinski definition) is 2. The highest BCUT2D eigenvalue weighted by Gasteiger charge is 2.35. The number of carbonyl (C=O) groups is 1. The summed E-state index contributed by atoms with van der Waals surface area (Å²) in [5, 5.41) is 6.88. The number of benzene rings is 1. The lowest BCUT2D eigenvalue weighted by molar-refractivity contribution is 0.259. The highest BCUT2D eigenvalue weighted by molar-refractivity contribution is 7.75. The van der Waals surface area contributed by atoms with Crippen LogP contribution in [0, 0.1) is 5.82 Å². The SMILES string of the molecule is CC1(C)COc2c([SH](=O)=NC(=O)Nc3c4c(c(F)c5c3C[C@H](F)C5)CCC4)cnn21. The molecule has 1 aromatic carbocycles. The number of ether oxygens (including phenoxy) is 1. The van der Waals surface area contributed by atoms with Gasteiger partial charge in [-0.1, -0.05) is 0 Å². The smallest absolute Gasteiger partial charge is 0.353 e. The molecule has 0 spiro atoms. The van der Waals surface area contributed by atoms with Gasteiger partial charge >= 0.3 is 6.03 Å². The molecule has 0 saturated heterocycles. The van der Waals surface area contributed by atoms with Gasteiger partial charge in [0.05, 0.1) is 22.3 Å². The molecule has 1 N–H and O–H groups in total. The third-order valence-electron chi connectivity index (χ3n) is 6.03. The summed E-state index contributed by atoms with van der Waals surface area (Å²) in [4.78, 5) is 12.8. The van der Waals surface area contributed by atoms with Gasteiger partial charge in [0, 0.05) is 18.5 Å². The number of nitrogens with one attached hydrogen (secondary N) is 1. The summed E-state index contributed by atoms with van der Waals surface area (Å²) in [6.45, 7) is 4.26. The summed E-state index contributed by atoms with van der Waals surface area (Å²) in [7, 11) is -2.44. The summed E-state index contributed by atoms with van der Waals surface area (Å²) >= 11 is 0. The molecule has 1 unspecified atom stereocenters. The number of alkyl halides is 1. The summed E-state index contributed by atoms with van der Waals surface area (Å²) in [5.41, 5.74) is 2.16. The molecule has 0 bridgehead atoms. The van der Waals surface area contributed by atoms with Crippen LogP contribution >= 0.6 is 0 Å². The van der Waals surface area contributed by atoms with Crippen LogP contribution in [0.4, 0.5) is 19.3 Å². The van der Waals surface area contributed by atoms with Crippen LogP contribution in [-0.2, 0) is 41.8 Å². The van der Waals surface area contributed by atoms with Gasteiger partial charge in [-0.25, -0.2) is 22.5 Å². The molecule has 3 aliphatic rings. The van der Waals surface area contributed by atoms with Gasteiger partial charge in [-0.3, -0.25) is 0 Å². The number of hydrogen-bond acceptors (Lipinski definition) is 4. The van der Waals surface area contributed by atoms with Crippen LogP contribution in [0.5, 0.6) is 5.88 Å². The van der Waals surface area contributed by atoms with Crippen LogP contribution in [0.3, 0.4) is 0 Å². The molecule has 0 saturated carbocycles. The molecule has 10 heteroatoms. The Labute approximate surface area is 174 Å². The van der Waals surface area contributed by atoms with Crippen LogP contribution in [0.15, 0.2) is 15.5 Å². The fourth-order valence-electron chi connectivity index (χ4n) is 4.61. The lowest BCUT2D eigenvalue weighted by Gasteiger charge is -2.15. The quantitative estimate of drug-likeness (QED) is 0.708. The Morgan fingerprint density at radius 2 is 2.03 bits per heavy atom. The minimum Gasteiger partial charge on any atom is -0.474 e. The van der Waals surface area contributed by atoms with E-state index < -0.39 is 22.8 Å². The summed E-state index contributed by atoms with van der Waals surface area (Å²) < 4.78 is 52.5. The number of anilines is 1. The zero-order chi connectivity index (χ0) is 21.2. The second-order valence-corrected chi connectivity index (χ2v) is 9.84. The van der Waals surface area contributed by atoms with Crippen molar-refractivity contribution in [1.82, 2.24) is 9.78 Å². The Morgan fingerprint density at radius 1 is 1.30 bits per heavy atom. The van der Waals surface area contributed by atoms with Gasteiger partial charge in [0.25, 0.3) is 0 Å². The third kappa shape index (κ3) is 2.91. The number of carbonyl (C=O) groups excluding carboxylic acids is 1. The number of rotatable bonds is 2. The maximum absolute atomic E-state index is 14.8. The van der Waals surface area contributed by atoms with Crippen molar-refractivity contribution < 1.29 is 22.5 Å². The molecular weight excluding hydrogens is 414 g/mol. The van der Waals surface area contributed by atoms with Gasteiger partial charge in [-0.2, -0.15) is 5.10 Å². The molecule has 5 rings (SSSR count). The molecule has 0 fully saturated rings. The van der Waals surface area contributed by atoms with Gasteiger partial charge in [-0.05, 0) is 55.4 Å². The minimum absolute atomic E-state index is 0.0123. The molecule has 2 aromatic rings. The number of thiol groups is 1. The Kier molecular flexibility index (Phi) is 4.39. The van der Waals surface area contributed by atoms with E-state index in [1.54, 1.807) is 4.68 Å². The van der Waals surface area contributed by atoms with E-state index in [4.69, 9.17) is 4.74 Å². The van der Waals surface area contributed by atoms with Gasteiger partial charge < -0.3 is 10.1 Å². The lowest BCUT2D eigenvalue weighted by atomic mass is 9.98. The molecule has 0 radical (unpaired) electrons. The van der Waals surface area contributed by atoms with Crippen molar-refractivity contribution in [2.45, 2.75) is 62.6 Å². The van der Waals surface area contributed by atoms with Crippen molar-refractivity contribution >= 4 is 22.3 Å². The highest BCUT2D eigenvalue weighted by atomic mass is 32.2. The van der Waals surface area contributed by atoms with Crippen molar-refractivity contribution in [3.63, 3.8) is 0 Å². The number of amides is 2. The van der Waals surface area contributed by atoms with Crippen LogP contribution in [0.2, 0.25) is 0 Å². The first-order valence-corrected chi connectivity index (χ1v) is 11.2. The van der Waals surface area contributed by atoms with Crippen molar-refractivity contribution in [3.05, 3.63) is 34.3 Å². The first-order valence-electron chi connectivity index (χ1n) is 9.96. The number of aromatic nitrogens is 2. The maximum atomic E-state index is 14.8. The average molecular weight is 436 g/mol. The molecule has 2 amide bonds. The molecule has 7 nitrogen and oxygen atoms in total. The zero-order valence-corrected chi connectivity index (χ0v) is 17.6. The Bertz CT molecular complexity index is 1170. The van der Waals surface area contributed by atoms with Crippen molar-refractivity contribution in [2.24, 2.45) is 4.36 Å². The van der Waals surface area contributed by atoms with Gasteiger partial charge in [0.15, 0.2) is 0 Å².